The van der Waals surface area contributed by atoms with Crippen LogP contribution in [-0.4, -0.2) is 41.3 Å². The number of hydrogen-bond donors (Lipinski definition) is 1. The van der Waals surface area contributed by atoms with E-state index in [1.54, 1.807) is 6.07 Å². The molecule has 0 radical (unpaired) electrons. The molecule has 0 spiro atoms. The van der Waals surface area contributed by atoms with Gasteiger partial charge in [-0.15, -0.1) is 0 Å². The van der Waals surface area contributed by atoms with Crippen molar-refractivity contribution in [1.29, 1.82) is 0 Å². The van der Waals surface area contributed by atoms with Gasteiger partial charge in [0.15, 0.2) is 0 Å². The van der Waals surface area contributed by atoms with E-state index < -0.39 is 5.97 Å². The maximum absolute atomic E-state index is 11.7. The highest BCUT2D eigenvalue weighted by Crippen LogP contribution is 2.32. The topological polar surface area (TPSA) is 54.2 Å². The first-order valence-corrected chi connectivity index (χ1v) is 8.71. The third-order valence-electron chi connectivity index (χ3n) is 4.55. The summed E-state index contributed by atoms with van der Waals surface area (Å²) in [6, 6.07) is 4.07. The molecule has 0 aliphatic carbocycles. The van der Waals surface area contributed by atoms with E-state index in [0.29, 0.717) is 11.6 Å². The molecule has 0 aromatic carbocycles. The first kappa shape index (κ1) is 16.3. The van der Waals surface area contributed by atoms with Crippen molar-refractivity contribution in [2.75, 3.05) is 24.7 Å². The zero-order valence-corrected chi connectivity index (χ0v) is 15.0. The first-order chi connectivity index (χ1) is 11.0. The third kappa shape index (κ3) is 2.97. The molecule has 5 nitrogen and oxygen atoms in total. The average molecular weight is 381 g/mol. The minimum atomic E-state index is -0.883. The van der Waals surface area contributed by atoms with Gasteiger partial charge in [0.2, 0.25) is 0 Å². The number of rotatable bonds is 4. The highest BCUT2D eigenvalue weighted by atomic mass is 79.9. The lowest BCUT2D eigenvalue weighted by molar-refractivity contribution is 0.0695. The summed E-state index contributed by atoms with van der Waals surface area (Å²) in [6.45, 7) is 6.37. The maximum atomic E-state index is 11.7. The van der Waals surface area contributed by atoms with Crippen molar-refractivity contribution in [3.05, 3.63) is 33.9 Å². The van der Waals surface area contributed by atoms with Gasteiger partial charge < -0.3 is 19.1 Å². The molecular formula is C17H21BrN2O3. The second-order valence-corrected chi connectivity index (χ2v) is 6.81. The number of pyridine rings is 1. The number of ether oxygens (including phenoxy) is 1. The SMILES string of the molecule is CCN(c1c(C)c(C(=O)O)cc2cc(Br)cn12)C1CCOCC1. The van der Waals surface area contributed by atoms with Crippen molar-refractivity contribution < 1.29 is 14.6 Å². The minimum Gasteiger partial charge on any atom is -0.478 e. The van der Waals surface area contributed by atoms with E-state index in [0.717, 1.165) is 54.0 Å². The molecule has 3 heterocycles. The van der Waals surface area contributed by atoms with Crippen LogP contribution in [0.1, 0.15) is 35.7 Å². The van der Waals surface area contributed by atoms with Gasteiger partial charge in [-0.1, -0.05) is 0 Å². The average Bonchev–Trinajstić information content (AvgIpc) is 2.90. The summed E-state index contributed by atoms with van der Waals surface area (Å²) in [5, 5.41) is 9.56. The molecule has 0 bridgehead atoms. The van der Waals surface area contributed by atoms with E-state index in [1.165, 1.54) is 0 Å². The van der Waals surface area contributed by atoms with Crippen LogP contribution in [0.3, 0.4) is 0 Å². The lowest BCUT2D eigenvalue weighted by Crippen LogP contribution is -2.41. The van der Waals surface area contributed by atoms with Crippen LogP contribution in [0, 0.1) is 6.92 Å². The number of aromatic carboxylic acids is 1. The summed E-state index contributed by atoms with van der Waals surface area (Å²) in [7, 11) is 0. The van der Waals surface area contributed by atoms with Gasteiger partial charge in [0.1, 0.15) is 5.82 Å². The summed E-state index contributed by atoms with van der Waals surface area (Å²) in [4.78, 5) is 14.0. The molecule has 6 heteroatoms. The highest BCUT2D eigenvalue weighted by Gasteiger charge is 2.26. The second kappa shape index (κ2) is 6.53. The van der Waals surface area contributed by atoms with Crippen molar-refractivity contribution >= 4 is 33.2 Å². The normalized spacial score (nSPS) is 16.0. The van der Waals surface area contributed by atoms with Gasteiger partial charge in [-0.2, -0.15) is 0 Å². The smallest absolute Gasteiger partial charge is 0.336 e. The van der Waals surface area contributed by atoms with Gasteiger partial charge in [-0.25, -0.2) is 4.79 Å². The summed E-state index contributed by atoms with van der Waals surface area (Å²) < 4.78 is 8.51. The maximum Gasteiger partial charge on any atom is 0.336 e. The fraction of sp³-hybridized carbons (Fsp3) is 0.471. The van der Waals surface area contributed by atoms with Gasteiger partial charge >= 0.3 is 5.97 Å². The summed E-state index contributed by atoms with van der Waals surface area (Å²) in [6.07, 6.45) is 3.94. The molecule has 2 aromatic heterocycles. The van der Waals surface area contributed by atoms with Gasteiger partial charge in [-0.05, 0) is 54.8 Å². The van der Waals surface area contributed by atoms with E-state index in [-0.39, 0.29) is 0 Å². The molecule has 124 valence electrons. The Bertz CT molecular complexity index is 735. The molecule has 1 saturated heterocycles. The number of carbonyl (C=O) groups is 1. The lowest BCUT2D eigenvalue weighted by Gasteiger charge is -2.36. The molecule has 0 saturated carbocycles. The molecule has 0 atom stereocenters. The van der Waals surface area contributed by atoms with Crippen molar-refractivity contribution in [3.8, 4) is 0 Å². The molecule has 3 rings (SSSR count). The molecule has 2 aromatic rings. The van der Waals surface area contributed by atoms with E-state index in [9.17, 15) is 9.90 Å². The standard InChI is InChI=1S/C17H21BrN2O3/c1-3-19(13-4-6-23-7-5-13)16-11(2)15(17(21)22)9-14-8-12(18)10-20(14)16/h8-10,13H,3-7H2,1-2H3,(H,21,22). The lowest BCUT2D eigenvalue weighted by atomic mass is 10.0. The van der Waals surface area contributed by atoms with Crippen LogP contribution in [0.2, 0.25) is 0 Å². The second-order valence-electron chi connectivity index (χ2n) is 5.89. The largest absolute Gasteiger partial charge is 0.478 e. The molecule has 0 unspecified atom stereocenters. The van der Waals surface area contributed by atoms with Crippen LogP contribution >= 0.6 is 15.9 Å². The number of carboxylic acids is 1. The quantitative estimate of drug-likeness (QED) is 0.877. The van der Waals surface area contributed by atoms with E-state index in [1.807, 2.05) is 19.2 Å². The molecule has 23 heavy (non-hydrogen) atoms. The van der Waals surface area contributed by atoms with Crippen molar-refractivity contribution in [1.82, 2.24) is 4.40 Å². The zero-order chi connectivity index (χ0) is 16.6. The number of carboxylic acid groups (broad SMARTS) is 1. The molecular weight excluding hydrogens is 360 g/mol. The van der Waals surface area contributed by atoms with Crippen LogP contribution in [0.5, 0.6) is 0 Å². The Morgan fingerprint density at radius 3 is 2.74 bits per heavy atom. The summed E-state index contributed by atoms with van der Waals surface area (Å²) >= 11 is 3.51. The van der Waals surface area contributed by atoms with Crippen LogP contribution in [0.15, 0.2) is 22.8 Å². The van der Waals surface area contributed by atoms with Gasteiger partial charge in [0, 0.05) is 47.6 Å². The fourth-order valence-electron chi connectivity index (χ4n) is 3.45. The Labute approximate surface area is 144 Å². The highest BCUT2D eigenvalue weighted by molar-refractivity contribution is 9.10. The fourth-order valence-corrected chi connectivity index (χ4v) is 3.89. The number of nitrogens with zero attached hydrogens (tertiary/aromatic N) is 2. The zero-order valence-electron chi connectivity index (χ0n) is 13.4. The van der Waals surface area contributed by atoms with Crippen LogP contribution < -0.4 is 4.90 Å². The van der Waals surface area contributed by atoms with Gasteiger partial charge in [0.05, 0.1) is 5.56 Å². The monoisotopic (exact) mass is 380 g/mol. The van der Waals surface area contributed by atoms with Crippen LogP contribution in [0.25, 0.3) is 5.52 Å². The van der Waals surface area contributed by atoms with Gasteiger partial charge in [-0.3, -0.25) is 0 Å². The Kier molecular flexibility index (Phi) is 4.64. The Balaban J connectivity index is 2.20. The van der Waals surface area contributed by atoms with Crippen LogP contribution in [-0.2, 0) is 4.74 Å². The third-order valence-corrected chi connectivity index (χ3v) is 4.98. The van der Waals surface area contributed by atoms with Crippen molar-refractivity contribution in [3.63, 3.8) is 0 Å². The Morgan fingerprint density at radius 1 is 1.43 bits per heavy atom. The number of hydrogen-bond acceptors (Lipinski definition) is 3. The molecule has 1 aliphatic heterocycles. The van der Waals surface area contributed by atoms with E-state index >= 15 is 0 Å². The minimum absolute atomic E-state index is 0.364. The van der Waals surface area contributed by atoms with Gasteiger partial charge in [0.25, 0.3) is 0 Å². The van der Waals surface area contributed by atoms with Crippen molar-refractivity contribution in [2.45, 2.75) is 32.7 Å². The number of halogens is 1. The molecule has 1 fully saturated rings. The molecule has 1 N–H and O–H groups in total. The predicted octanol–water partition coefficient (Wildman–Crippen LogP) is 3.71. The number of anilines is 1. The Morgan fingerprint density at radius 2 is 2.13 bits per heavy atom. The predicted molar refractivity (Wildman–Crippen MR) is 93.7 cm³/mol. The summed E-state index contributed by atoms with van der Waals surface area (Å²) in [5.41, 5.74) is 2.06. The van der Waals surface area contributed by atoms with E-state index in [2.05, 4.69) is 32.2 Å². The first-order valence-electron chi connectivity index (χ1n) is 7.91. The molecule has 1 aliphatic rings. The van der Waals surface area contributed by atoms with Crippen LogP contribution in [0.4, 0.5) is 5.82 Å². The van der Waals surface area contributed by atoms with E-state index in [4.69, 9.17) is 4.74 Å². The van der Waals surface area contributed by atoms with Crippen molar-refractivity contribution in [2.24, 2.45) is 0 Å². The number of aromatic nitrogens is 1. The summed E-state index contributed by atoms with van der Waals surface area (Å²) in [5.74, 6) is 0.0894. The number of fused-ring (bicyclic) bond motifs is 1. The Hall–Kier alpha value is -1.53. The molecule has 0 amide bonds.